The summed E-state index contributed by atoms with van der Waals surface area (Å²) in [6, 6.07) is 0. The van der Waals surface area contributed by atoms with Crippen LogP contribution in [0.1, 0.15) is 6.92 Å². The van der Waals surface area contributed by atoms with Gasteiger partial charge in [-0.05, 0) is 6.92 Å². The van der Waals surface area contributed by atoms with E-state index >= 15 is 0 Å². The van der Waals surface area contributed by atoms with Gasteiger partial charge in [0.15, 0.2) is 0 Å². The first kappa shape index (κ1) is 15.6. The lowest BCUT2D eigenvalue weighted by Gasteiger charge is -2.14. The van der Waals surface area contributed by atoms with Crippen molar-refractivity contribution in [2.75, 3.05) is 26.4 Å². The molecular formula is C8H18NO6P. The molecule has 0 heterocycles. The number of nitrogens with two attached hydrogens (primary N) is 1. The van der Waals surface area contributed by atoms with Crippen molar-refractivity contribution in [1.82, 2.24) is 0 Å². The van der Waals surface area contributed by atoms with E-state index in [0.29, 0.717) is 0 Å². The van der Waals surface area contributed by atoms with Crippen LogP contribution in [0.5, 0.6) is 0 Å². The van der Waals surface area contributed by atoms with E-state index in [4.69, 9.17) is 15.4 Å². The fourth-order valence-corrected chi connectivity index (χ4v) is 1.47. The Kier molecular flexibility index (Phi) is 8.46. The number of aliphatic hydroxyl groups is 1. The molecule has 0 rings (SSSR count). The molecule has 0 radical (unpaired) electrons. The highest BCUT2D eigenvalue weighted by Crippen LogP contribution is 2.42. The molecule has 0 saturated carbocycles. The second kappa shape index (κ2) is 8.69. The van der Waals surface area contributed by atoms with Crippen LogP contribution < -0.4 is 5.73 Å². The number of ether oxygens (including phenoxy) is 1. The van der Waals surface area contributed by atoms with Crippen molar-refractivity contribution in [3.63, 3.8) is 0 Å². The highest BCUT2D eigenvalue weighted by atomic mass is 31.2. The van der Waals surface area contributed by atoms with E-state index in [2.05, 4.69) is 9.05 Å². The van der Waals surface area contributed by atoms with Gasteiger partial charge in [-0.2, -0.15) is 0 Å². The maximum Gasteiger partial charge on any atom is 0.472 e. The molecule has 0 aliphatic carbocycles. The predicted octanol–water partition coefficient (Wildman–Crippen LogP) is -0.0102. The Morgan fingerprint density at radius 1 is 1.44 bits per heavy atom. The number of rotatable bonds is 9. The smallest absolute Gasteiger partial charge is 0.472 e. The second-order valence-electron chi connectivity index (χ2n) is 2.84. The van der Waals surface area contributed by atoms with Crippen molar-refractivity contribution in [3.8, 4) is 0 Å². The first-order valence-electron chi connectivity index (χ1n) is 4.74. The topological polar surface area (TPSA) is 111 Å². The Morgan fingerprint density at radius 3 is 2.69 bits per heavy atom. The summed E-state index contributed by atoms with van der Waals surface area (Å²) >= 11 is 0. The maximum absolute atomic E-state index is 11.1. The summed E-state index contributed by atoms with van der Waals surface area (Å²) in [6.07, 6.45) is 2.04. The molecule has 0 aliphatic heterocycles. The molecule has 0 spiro atoms. The molecular weight excluding hydrogens is 237 g/mol. The Labute approximate surface area is 94.4 Å². The van der Waals surface area contributed by atoms with Crippen LogP contribution in [0.15, 0.2) is 12.3 Å². The molecule has 96 valence electrons. The van der Waals surface area contributed by atoms with Crippen LogP contribution in [0.4, 0.5) is 0 Å². The highest BCUT2D eigenvalue weighted by Gasteiger charge is 2.22. The van der Waals surface area contributed by atoms with E-state index in [-0.39, 0.29) is 26.4 Å². The minimum Gasteiger partial charge on any atom is -0.499 e. The molecule has 2 unspecified atom stereocenters. The molecule has 0 saturated heterocycles. The van der Waals surface area contributed by atoms with E-state index in [1.807, 2.05) is 0 Å². The Morgan fingerprint density at radius 2 is 2.12 bits per heavy atom. The van der Waals surface area contributed by atoms with E-state index in [1.165, 1.54) is 6.26 Å². The van der Waals surface area contributed by atoms with Crippen LogP contribution in [0, 0.1) is 0 Å². The molecule has 4 N–H and O–H groups in total. The van der Waals surface area contributed by atoms with Crippen molar-refractivity contribution < 1.29 is 28.3 Å². The quantitative estimate of drug-likeness (QED) is 0.392. The summed E-state index contributed by atoms with van der Waals surface area (Å²) in [7, 11) is -4.12. The fourth-order valence-electron chi connectivity index (χ4n) is 0.697. The van der Waals surface area contributed by atoms with Gasteiger partial charge < -0.3 is 20.5 Å². The van der Waals surface area contributed by atoms with Crippen LogP contribution in [0.3, 0.4) is 0 Å². The zero-order chi connectivity index (χ0) is 12.4. The van der Waals surface area contributed by atoms with Gasteiger partial charge in [0.2, 0.25) is 0 Å². The lowest BCUT2D eigenvalue weighted by molar-refractivity contribution is 0.0312. The van der Waals surface area contributed by atoms with Gasteiger partial charge in [-0.25, -0.2) is 4.57 Å². The molecule has 0 amide bonds. The van der Waals surface area contributed by atoms with Crippen molar-refractivity contribution in [2.45, 2.75) is 13.0 Å². The molecule has 0 aromatic carbocycles. The largest absolute Gasteiger partial charge is 0.499 e. The standard InChI is InChI=1S/C8H18NO6P/c1-2-4-13-6-8(10)7-15-16(11,12)14-5-3-9/h2,4,8,10H,3,5-7,9H2,1H3,(H,11,12)/b4-2+. The Balaban J connectivity index is 3.72. The average Bonchev–Trinajstić information content (AvgIpc) is 2.24. The molecule has 8 heteroatoms. The molecule has 0 aliphatic rings. The first-order valence-corrected chi connectivity index (χ1v) is 6.24. The van der Waals surface area contributed by atoms with Crippen LogP contribution in [-0.4, -0.2) is 42.5 Å². The number of phosphoric ester groups is 1. The third kappa shape index (κ3) is 8.84. The van der Waals surface area contributed by atoms with Crippen molar-refractivity contribution in [1.29, 1.82) is 0 Å². The van der Waals surface area contributed by atoms with E-state index in [1.54, 1.807) is 13.0 Å². The molecule has 2 atom stereocenters. The van der Waals surface area contributed by atoms with Crippen molar-refractivity contribution in [3.05, 3.63) is 12.3 Å². The van der Waals surface area contributed by atoms with Crippen LogP contribution in [0.2, 0.25) is 0 Å². The third-order valence-electron chi connectivity index (χ3n) is 1.32. The molecule has 0 aromatic rings. The number of phosphoric acid groups is 1. The van der Waals surface area contributed by atoms with Gasteiger partial charge >= 0.3 is 7.82 Å². The Bertz CT molecular complexity index is 247. The minimum atomic E-state index is -4.12. The molecule has 0 fully saturated rings. The van der Waals surface area contributed by atoms with Crippen molar-refractivity contribution >= 4 is 7.82 Å². The maximum atomic E-state index is 11.1. The van der Waals surface area contributed by atoms with Gasteiger partial charge in [-0.1, -0.05) is 6.08 Å². The zero-order valence-electron chi connectivity index (χ0n) is 9.11. The molecule has 0 bridgehead atoms. The van der Waals surface area contributed by atoms with E-state index < -0.39 is 13.9 Å². The van der Waals surface area contributed by atoms with E-state index in [0.717, 1.165) is 0 Å². The minimum absolute atomic E-state index is 0.0266. The summed E-state index contributed by atoms with van der Waals surface area (Å²) in [6.45, 7) is 1.41. The summed E-state index contributed by atoms with van der Waals surface area (Å²) in [5.74, 6) is 0. The number of hydrogen-bond acceptors (Lipinski definition) is 6. The normalized spacial score (nSPS) is 17.2. The van der Waals surface area contributed by atoms with Crippen LogP contribution in [-0.2, 0) is 18.3 Å². The molecule has 7 nitrogen and oxygen atoms in total. The van der Waals surface area contributed by atoms with Gasteiger partial charge in [0.1, 0.15) is 12.7 Å². The SMILES string of the molecule is C/C=C/OCC(O)COP(=O)(O)OCCN. The molecule has 0 aromatic heterocycles. The van der Waals surface area contributed by atoms with Gasteiger partial charge in [-0.15, -0.1) is 0 Å². The summed E-state index contributed by atoms with van der Waals surface area (Å²) in [4.78, 5) is 9.06. The monoisotopic (exact) mass is 255 g/mol. The van der Waals surface area contributed by atoms with Crippen molar-refractivity contribution in [2.24, 2.45) is 5.73 Å². The third-order valence-corrected chi connectivity index (χ3v) is 2.31. The number of allylic oxidation sites excluding steroid dienone is 1. The van der Waals surface area contributed by atoms with Gasteiger partial charge in [0, 0.05) is 6.54 Å². The fraction of sp³-hybridized carbons (Fsp3) is 0.750. The predicted molar refractivity (Wildman–Crippen MR) is 57.6 cm³/mol. The molecule has 16 heavy (non-hydrogen) atoms. The summed E-state index contributed by atoms with van der Waals surface area (Å²) < 4.78 is 24.9. The van der Waals surface area contributed by atoms with E-state index in [9.17, 15) is 9.67 Å². The lowest BCUT2D eigenvalue weighted by atomic mass is 10.4. The summed E-state index contributed by atoms with van der Waals surface area (Å²) in [5, 5.41) is 9.27. The van der Waals surface area contributed by atoms with Gasteiger partial charge in [0.25, 0.3) is 0 Å². The van der Waals surface area contributed by atoms with Gasteiger partial charge in [0.05, 0.1) is 19.5 Å². The van der Waals surface area contributed by atoms with Crippen LogP contribution in [0.25, 0.3) is 0 Å². The lowest BCUT2D eigenvalue weighted by Crippen LogP contribution is -2.20. The average molecular weight is 255 g/mol. The number of aliphatic hydroxyl groups excluding tert-OH is 1. The zero-order valence-corrected chi connectivity index (χ0v) is 10.0. The second-order valence-corrected chi connectivity index (χ2v) is 4.30. The highest BCUT2D eigenvalue weighted by molar-refractivity contribution is 7.47. The summed E-state index contributed by atoms with van der Waals surface area (Å²) in [5.41, 5.74) is 5.08. The number of hydrogen-bond donors (Lipinski definition) is 3. The van der Waals surface area contributed by atoms with Gasteiger partial charge in [-0.3, -0.25) is 9.05 Å². The Hall–Kier alpha value is -0.430. The first-order chi connectivity index (χ1) is 7.52. The van der Waals surface area contributed by atoms with Crippen LogP contribution >= 0.6 is 7.82 Å².